The molecule has 36 heteroatoms. The summed E-state index contributed by atoms with van der Waals surface area (Å²) in [5, 5.41) is -2.25. The molecule has 4 N–H and O–H groups in total. The molecule has 0 bridgehead atoms. The Morgan fingerprint density at radius 1 is 0.487 bits per heavy atom. The van der Waals surface area contributed by atoms with Crippen molar-refractivity contribution in [2.24, 2.45) is 50.0 Å². The Morgan fingerprint density at radius 2 is 0.809 bits per heavy atom. The van der Waals surface area contributed by atoms with E-state index in [1.165, 1.54) is 36.4 Å². The van der Waals surface area contributed by atoms with Gasteiger partial charge in [0, 0.05) is 34.9 Å². The van der Waals surface area contributed by atoms with Crippen LogP contribution in [0.5, 0.6) is 11.5 Å². The molecule has 9 atom stereocenters. The van der Waals surface area contributed by atoms with Crippen molar-refractivity contribution in [3.63, 3.8) is 0 Å². The van der Waals surface area contributed by atoms with E-state index in [9.17, 15) is 45.2 Å². The minimum absolute atomic E-state index is 0.0118. The average molecular weight is 1700 g/mol. The number of nitrogen functional groups attached to an aromatic ring is 1. The molecule has 11 heterocycles. The number of pyridine rings is 5. The van der Waals surface area contributed by atoms with Crippen LogP contribution in [0.1, 0.15) is 224 Å². The van der Waals surface area contributed by atoms with Crippen LogP contribution in [0, 0.1) is 33.7 Å². The molecule has 14 rings (SSSR count). The normalized spacial score (nSPS) is 28.9. The minimum Gasteiger partial charge on any atom is -0.460 e. The molecule has 6 aliphatic heterocycles. The number of halogens is 9. The van der Waals surface area contributed by atoms with Crippen molar-refractivity contribution in [1.29, 1.82) is 0 Å². The number of nitrogens with two attached hydrogens (primary N) is 2. The van der Waals surface area contributed by atoms with Crippen LogP contribution < -0.4 is 20.9 Å². The fourth-order valence-electron chi connectivity index (χ4n) is 16.2. The van der Waals surface area contributed by atoms with E-state index < -0.39 is 141 Å². The van der Waals surface area contributed by atoms with Gasteiger partial charge in [-0.05, 0) is 214 Å². The van der Waals surface area contributed by atoms with Crippen LogP contribution in [0.25, 0.3) is 0 Å². The predicted octanol–water partition coefficient (Wildman–Crippen LogP) is 15.2. The largest absolute Gasteiger partial charge is 0.460 e. The fraction of sp³-hybridized carbons (Fsp3) is 0.595. The maximum absolute atomic E-state index is 15.8. The quantitative estimate of drug-likeness (QED) is 0.0496. The molecule has 0 radical (unpaired) electrons. The van der Waals surface area contributed by atoms with Crippen molar-refractivity contribution in [2.45, 2.75) is 258 Å². The number of esters is 2. The lowest BCUT2D eigenvalue weighted by molar-refractivity contribution is -0.154. The summed E-state index contributed by atoms with van der Waals surface area (Å²) in [6, 6.07) is 9.83. The molecular formula is C79H96Cl2F7N13O11S3. The summed E-state index contributed by atoms with van der Waals surface area (Å²) in [6.07, 6.45) is 8.31. The number of nitrogens with zero attached hydrogens (tertiary/aromatic N) is 11. The van der Waals surface area contributed by atoms with E-state index in [-0.39, 0.29) is 121 Å². The van der Waals surface area contributed by atoms with Crippen LogP contribution in [0.3, 0.4) is 0 Å². The van der Waals surface area contributed by atoms with Crippen molar-refractivity contribution < 1.29 is 81.5 Å². The topological polar surface area (TPSA) is 347 Å². The number of hydrogen-bond acceptors (Lipinski definition) is 24. The van der Waals surface area contributed by atoms with Gasteiger partial charge in [0.2, 0.25) is 0 Å². The van der Waals surface area contributed by atoms with Gasteiger partial charge < -0.3 is 30.4 Å². The van der Waals surface area contributed by atoms with Crippen LogP contribution in [-0.2, 0) is 77.7 Å². The third kappa shape index (κ3) is 16.5. The molecule has 3 aliphatic carbocycles. The molecule has 0 unspecified atom stereocenters. The van der Waals surface area contributed by atoms with Crippen molar-refractivity contribution in [2.75, 3.05) is 25.4 Å². The van der Waals surface area contributed by atoms with Crippen molar-refractivity contribution in [1.82, 2.24) is 24.9 Å². The highest BCUT2D eigenvalue weighted by Crippen LogP contribution is 2.62. The number of alkyl halides is 4. The molecule has 3 spiro atoms. The van der Waals surface area contributed by atoms with E-state index in [1.54, 1.807) is 90.0 Å². The number of fused-ring (bicyclic) bond motifs is 3. The third-order valence-electron chi connectivity index (χ3n) is 23.7. The van der Waals surface area contributed by atoms with Gasteiger partial charge in [0.05, 0.1) is 122 Å². The Hall–Kier alpha value is -7.82. The maximum Gasteiger partial charge on any atom is 0.387 e. The first-order valence-corrected chi connectivity index (χ1v) is 43.2. The Kier molecular flexibility index (Phi) is 22.5. The van der Waals surface area contributed by atoms with E-state index in [2.05, 4.69) is 38.8 Å². The zero-order valence-electron chi connectivity index (χ0n) is 66.7. The number of ether oxygens (including phenoxy) is 4. The van der Waals surface area contributed by atoms with E-state index >= 15 is 17.4 Å². The van der Waals surface area contributed by atoms with E-state index in [0.29, 0.717) is 44.6 Å². The first-order chi connectivity index (χ1) is 53.1. The number of aromatic nitrogens is 5. The first kappa shape index (κ1) is 86.5. The molecule has 5 aromatic heterocycles. The Balaban J connectivity index is 0.000000162. The van der Waals surface area contributed by atoms with Crippen molar-refractivity contribution in [3.8, 4) is 11.5 Å². The molecule has 3 saturated carbocycles. The number of hydrogen-bond donors (Lipinski definition) is 2. The summed E-state index contributed by atoms with van der Waals surface area (Å²) in [4.78, 5) is 87.5. The number of carbonyl (C=O) groups excluding carboxylic acids is 4. The van der Waals surface area contributed by atoms with Gasteiger partial charge >= 0.3 is 25.2 Å². The Labute approximate surface area is 674 Å². The monoisotopic (exact) mass is 1700 g/mol. The molecule has 5 aromatic rings. The first-order valence-electron chi connectivity index (χ1n) is 37.7. The number of amidine groups is 1. The number of rotatable bonds is 17. The highest BCUT2D eigenvalue weighted by Gasteiger charge is 2.66. The summed E-state index contributed by atoms with van der Waals surface area (Å²) in [7, 11) is -9.01. The lowest BCUT2D eigenvalue weighted by Crippen LogP contribution is -2.61. The molecule has 24 nitrogen and oxygen atoms in total. The van der Waals surface area contributed by atoms with Crippen LogP contribution in [-0.4, -0.2) is 152 Å². The van der Waals surface area contributed by atoms with Crippen molar-refractivity contribution in [3.05, 3.63) is 128 Å². The minimum atomic E-state index is -3.13. The van der Waals surface area contributed by atoms with Gasteiger partial charge in [0.25, 0.3) is 0 Å². The summed E-state index contributed by atoms with van der Waals surface area (Å²) >= 11 is 12.2. The number of carbonyl (C=O) groups is 4. The summed E-state index contributed by atoms with van der Waals surface area (Å²) in [5.74, 6) is -4.44. The smallest absolute Gasteiger partial charge is 0.387 e. The van der Waals surface area contributed by atoms with Gasteiger partial charge in [-0.3, -0.25) is 44.1 Å². The van der Waals surface area contributed by atoms with Gasteiger partial charge in [0.1, 0.15) is 102 Å². The second kappa shape index (κ2) is 29.9. The van der Waals surface area contributed by atoms with E-state index in [1.807, 2.05) is 13.8 Å². The summed E-state index contributed by atoms with van der Waals surface area (Å²) in [5.41, 5.74) is 7.06. The van der Waals surface area contributed by atoms with Crippen LogP contribution in [0.15, 0.2) is 89.0 Å². The standard InChI is InChI=1S/C31H36ClF3N4O5S.C25H27ClF3N5O3S.C23H33FN4O3S/c1-28(2,3)44-24(41)13-22-29(4,5)45(42)23(14-31(9-10-31)16-37-45)30(6,39-22)26-20(33)8-7-17(38-26)11-21(40)25-19(32)12-18(15-36-25)43-27(34)35;1-23(2)21(30)34-24(3,18-10-25(6-7-25)12-32-38(18,23)36)20-16(27)5-4-13(33-20)8-17(35)19-15(26)9-14(11-31-19)37-22(28)29;1-20(2,3)31-18(29)11-15-21(4,5)32(30)16(12-23(9-10-23)13-26-32)22(6,28-15)19-14(24)7-8-17(25)27-19/h7-8,12,15,23,27H,9-11,13-14,16H2,1-6H3;4-5,9,11,18,22H,6-8,10,12H2,1-3H3,(H2,30,34);7-8,16H,9-13H2,1-6H3,(H2,25,27)/t23-,30+,45-;18-,24+,38-;16-,22+,32-/m111/s1. The van der Waals surface area contributed by atoms with Gasteiger partial charge in [0.15, 0.2) is 11.6 Å². The van der Waals surface area contributed by atoms with Gasteiger partial charge in [-0.15, -0.1) is 0 Å². The third-order valence-corrected chi connectivity index (χ3v) is 35.1. The number of aliphatic imine (C=N–C) groups is 3. The molecule has 0 aromatic carbocycles. The van der Waals surface area contributed by atoms with Crippen LogP contribution in [0.4, 0.5) is 36.6 Å². The average Bonchev–Trinajstić information content (AvgIpc) is 1.68. The Bertz CT molecular complexity index is 5350. The maximum atomic E-state index is 15.8. The van der Waals surface area contributed by atoms with Gasteiger partial charge in [-0.1, -0.05) is 23.2 Å². The molecule has 0 saturated heterocycles. The second-order valence-corrected chi connectivity index (χ2v) is 45.3. The second-order valence-electron chi connectivity index (χ2n) is 35.6. The van der Waals surface area contributed by atoms with E-state index in [0.717, 1.165) is 63.1 Å². The highest BCUT2D eigenvalue weighted by molar-refractivity contribution is 7.97. The van der Waals surface area contributed by atoms with E-state index in [4.69, 9.17) is 67.8 Å². The SMILES string of the molecule is CC(C)(C)OC(=O)CC1=N[C@](C)(c2nc(CC(=O)c3ncc(OC(F)F)cc3Cl)ccc2F)[C@H]2CC3(CC3)CN=[S@]2(=O)C1(C)C.CC(C)(C)OC(=O)CC1=N[C@](C)(c2nc(N)ccc2F)[C@H]2CC3(CC3)CN=[S@]2(=O)C1(C)C.CC1(C)C(N)=N[C@](C)(c2nc(CC(=O)c3ncc(OC(F)F)cc3Cl)ccc2F)[C@H]2CC3(CC3)CN=[S@@]21=O. The van der Waals surface area contributed by atoms with Crippen LogP contribution >= 0.6 is 23.2 Å². The van der Waals surface area contributed by atoms with Gasteiger partial charge in [-0.2, -0.15) is 17.6 Å². The summed E-state index contributed by atoms with van der Waals surface area (Å²) in [6.45, 7) is 21.6. The number of Topliss-reactive ketones (excluding diaryl/α,β-unsaturated/α-hetero) is 2. The molecule has 115 heavy (non-hydrogen) atoms. The van der Waals surface area contributed by atoms with Crippen LogP contribution in [0.2, 0.25) is 10.0 Å². The highest BCUT2D eigenvalue weighted by atomic mass is 35.5. The fourth-order valence-corrected chi connectivity index (χ4v) is 27.1. The lowest BCUT2D eigenvalue weighted by atomic mass is 9.84. The zero-order chi connectivity index (χ0) is 84.6. The number of ketones is 2. The van der Waals surface area contributed by atoms with Crippen molar-refractivity contribution >= 4 is 99.0 Å². The molecule has 9 aliphatic rings. The lowest BCUT2D eigenvalue weighted by Gasteiger charge is -2.50. The zero-order valence-corrected chi connectivity index (χ0v) is 70.6. The predicted molar refractivity (Wildman–Crippen MR) is 423 cm³/mol. The number of anilines is 1. The Morgan fingerprint density at radius 3 is 1.13 bits per heavy atom. The molecule has 0 amide bonds. The summed E-state index contributed by atoms with van der Waals surface area (Å²) < 4.78 is 171. The molecule has 3 fully saturated rings. The molecular weight excluding hydrogens is 1610 g/mol. The molecule has 624 valence electrons. The van der Waals surface area contributed by atoms with Gasteiger partial charge in [-0.25, -0.2) is 53.8 Å².